The average Bonchev–Trinajstić information content (AvgIpc) is 2.53. The first-order chi connectivity index (χ1) is 10.2. The molecule has 0 aliphatic carbocycles. The van der Waals surface area contributed by atoms with Crippen molar-refractivity contribution >= 4 is 5.91 Å². The number of hydrogen-bond donors (Lipinski definition) is 3. The maximum Gasteiger partial charge on any atom is 0.255 e. The Bertz CT molecular complexity index is 613. The maximum atomic E-state index is 12.2. The predicted molar refractivity (Wildman–Crippen MR) is 78.4 cm³/mol. The van der Waals surface area contributed by atoms with Crippen molar-refractivity contribution in [1.82, 2.24) is 5.32 Å². The summed E-state index contributed by atoms with van der Waals surface area (Å²) in [6, 6.07) is 13.0. The molecule has 0 aliphatic rings. The van der Waals surface area contributed by atoms with Gasteiger partial charge in [0, 0.05) is 6.07 Å². The number of methoxy groups -OCH3 is 1. The highest BCUT2D eigenvalue weighted by Gasteiger charge is 2.17. The van der Waals surface area contributed by atoms with Gasteiger partial charge in [0.05, 0.1) is 25.3 Å². The van der Waals surface area contributed by atoms with Gasteiger partial charge in [0.25, 0.3) is 5.91 Å². The normalized spacial score (nSPS) is 11.7. The summed E-state index contributed by atoms with van der Waals surface area (Å²) in [6.45, 7) is -0.229. The van der Waals surface area contributed by atoms with Gasteiger partial charge in [-0.1, -0.05) is 30.3 Å². The Balaban J connectivity index is 2.17. The van der Waals surface area contributed by atoms with Crippen LogP contribution in [0.5, 0.6) is 11.5 Å². The Hall–Kier alpha value is -2.53. The summed E-state index contributed by atoms with van der Waals surface area (Å²) in [4.78, 5) is 12.2. The highest BCUT2D eigenvalue weighted by molar-refractivity contribution is 5.97. The van der Waals surface area contributed by atoms with E-state index in [4.69, 9.17) is 4.74 Å². The highest BCUT2D eigenvalue weighted by atomic mass is 16.5. The van der Waals surface area contributed by atoms with Crippen molar-refractivity contribution in [2.75, 3.05) is 13.7 Å². The number of hydrogen-bond acceptors (Lipinski definition) is 4. The fourth-order valence-corrected chi connectivity index (χ4v) is 1.99. The minimum absolute atomic E-state index is 0.130. The lowest BCUT2D eigenvalue weighted by Gasteiger charge is -2.17. The summed E-state index contributed by atoms with van der Waals surface area (Å²) < 4.78 is 4.97. The largest absolute Gasteiger partial charge is 0.507 e. The van der Waals surface area contributed by atoms with Crippen molar-refractivity contribution in [2.45, 2.75) is 6.04 Å². The minimum atomic E-state index is -0.528. The number of aliphatic hydroxyl groups excluding tert-OH is 1. The van der Waals surface area contributed by atoms with Crippen molar-refractivity contribution in [1.29, 1.82) is 0 Å². The Kier molecular flexibility index (Phi) is 4.79. The summed E-state index contributed by atoms with van der Waals surface area (Å²) >= 11 is 0. The number of rotatable bonds is 5. The van der Waals surface area contributed by atoms with Crippen LogP contribution in [0, 0.1) is 0 Å². The number of ether oxygens (including phenoxy) is 1. The molecule has 21 heavy (non-hydrogen) atoms. The van der Waals surface area contributed by atoms with E-state index in [2.05, 4.69) is 5.32 Å². The molecule has 0 saturated heterocycles. The smallest absolute Gasteiger partial charge is 0.255 e. The van der Waals surface area contributed by atoms with Crippen LogP contribution in [0.2, 0.25) is 0 Å². The van der Waals surface area contributed by atoms with Crippen LogP contribution < -0.4 is 10.1 Å². The van der Waals surface area contributed by atoms with E-state index in [1.807, 2.05) is 30.3 Å². The second-order valence-corrected chi connectivity index (χ2v) is 4.50. The van der Waals surface area contributed by atoms with Gasteiger partial charge in [-0.2, -0.15) is 0 Å². The van der Waals surface area contributed by atoms with E-state index >= 15 is 0 Å². The third kappa shape index (κ3) is 3.52. The summed E-state index contributed by atoms with van der Waals surface area (Å²) in [5.41, 5.74) is 0.923. The van der Waals surface area contributed by atoms with Crippen LogP contribution in [0.3, 0.4) is 0 Å². The topological polar surface area (TPSA) is 78.8 Å². The first kappa shape index (κ1) is 14.9. The van der Waals surface area contributed by atoms with Gasteiger partial charge in [-0.15, -0.1) is 0 Å². The number of nitrogens with one attached hydrogen (secondary N) is 1. The molecule has 110 valence electrons. The van der Waals surface area contributed by atoms with Gasteiger partial charge in [0.1, 0.15) is 11.5 Å². The Morgan fingerprint density at radius 2 is 1.95 bits per heavy atom. The monoisotopic (exact) mass is 287 g/mol. The van der Waals surface area contributed by atoms with E-state index in [0.29, 0.717) is 5.75 Å². The lowest BCUT2D eigenvalue weighted by Crippen LogP contribution is -2.30. The van der Waals surface area contributed by atoms with Gasteiger partial charge in [0.2, 0.25) is 0 Å². The zero-order chi connectivity index (χ0) is 15.2. The zero-order valence-electron chi connectivity index (χ0n) is 11.6. The molecule has 3 N–H and O–H groups in total. The summed E-state index contributed by atoms with van der Waals surface area (Å²) in [5.74, 6) is -0.166. The van der Waals surface area contributed by atoms with Crippen molar-refractivity contribution in [3.8, 4) is 11.5 Å². The molecule has 1 amide bonds. The van der Waals surface area contributed by atoms with E-state index in [9.17, 15) is 15.0 Å². The lowest BCUT2D eigenvalue weighted by atomic mass is 10.1. The van der Waals surface area contributed by atoms with Crippen LogP contribution in [0.1, 0.15) is 22.0 Å². The third-order valence-corrected chi connectivity index (χ3v) is 3.14. The molecule has 0 heterocycles. The molecule has 0 radical (unpaired) electrons. The Morgan fingerprint density at radius 3 is 2.52 bits per heavy atom. The summed E-state index contributed by atoms with van der Waals surface area (Å²) in [5, 5.41) is 22.0. The zero-order valence-corrected chi connectivity index (χ0v) is 11.6. The van der Waals surface area contributed by atoms with Gasteiger partial charge in [0.15, 0.2) is 0 Å². The number of phenols is 1. The van der Waals surface area contributed by atoms with Gasteiger partial charge in [-0.25, -0.2) is 0 Å². The number of aromatic hydroxyl groups is 1. The van der Waals surface area contributed by atoms with Gasteiger partial charge < -0.3 is 20.3 Å². The predicted octanol–water partition coefficient (Wildman–Crippen LogP) is 1.86. The van der Waals surface area contributed by atoms with Gasteiger partial charge in [-0.05, 0) is 17.7 Å². The second kappa shape index (κ2) is 6.76. The van der Waals surface area contributed by atoms with Crippen LogP contribution in [-0.2, 0) is 0 Å². The molecule has 2 aromatic carbocycles. The molecular weight excluding hydrogens is 270 g/mol. The molecule has 5 heteroatoms. The van der Waals surface area contributed by atoms with Crippen LogP contribution in [0.4, 0.5) is 0 Å². The summed E-state index contributed by atoms with van der Waals surface area (Å²) in [6.07, 6.45) is 0. The van der Waals surface area contributed by atoms with E-state index < -0.39 is 11.9 Å². The van der Waals surface area contributed by atoms with E-state index in [1.54, 1.807) is 6.07 Å². The molecule has 0 saturated carbocycles. The van der Waals surface area contributed by atoms with Gasteiger partial charge >= 0.3 is 0 Å². The molecule has 0 aliphatic heterocycles. The molecule has 1 unspecified atom stereocenters. The Morgan fingerprint density at radius 1 is 1.24 bits per heavy atom. The van der Waals surface area contributed by atoms with Crippen molar-refractivity contribution in [3.63, 3.8) is 0 Å². The average molecular weight is 287 g/mol. The van der Waals surface area contributed by atoms with Gasteiger partial charge in [-0.3, -0.25) is 4.79 Å². The van der Waals surface area contributed by atoms with E-state index in [1.165, 1.54) is 19.2 Å². The minimum Gasteiger partial charge on any atom is -0.507 e. The van der Waals surface area contributed by atoms with Crippen LogP contribution >= 0.6 is 0 Å². The molecule has 0 spiro atoms. The standard InChI is InChI=1S/C16H17NO4/c1-21-12-7-8-13(15(19)9-12)16(20)17-14(10-18)11-5-3-2-4-6-11/h2-9,14,18-19H,10H2,1H3,(H,17,20). The number of carbonyl (C=O) groups excluding carboxylic acids is 1. The van der Waals surface area contributed by atoms with E-state index in [-0.39, 0.29) is 17.9 Å². The molecular formula is C16H17NO4. The van der Waals surface area contributed by atoms with Crippen LogP contribution in [0.25, 0.3) is 0 Å². The number of aliphatic hydroxyl groups is 1. The summed E-state index contributed by atoms with van der Waals surface area (Å²) in [7, 11) is 1.48. The fraction of sp³-hybridized carbons (Fsp3) is 0.188. The quantitative estimate of drug-likeness (QED) is 0.784. The lowest BCUT2D eigenvalue weighted by molar-refractivity contribution is 0.0913. The van der Waals surface area contributed by atoms with E-state index in [0.717, 1.165) is 5.56 Å². The first-order valence-electron chi connectivity index (χ1n) is 6.49. The molecule has 5 nitrogen and oxygen atoms in total. The maximum absolute atomic E-state index is 12.2. The number of carbonyl (C=O) groups is 1. The third-order valence-electron chi connectivity index (χ3n) is 3.14. The van der Waals surface area contributed by atoms with Crippen LogP contribution in [-0.4, -0.2) is 29.8 Å². The molecule has 1 atom stereocenters. The highest BCUT2D eigenvalue weighted by Crippen LogP contribution is 2.24. The SMILES string of the molecule is COc1ccc(C(=O)NC(CO)c2ccccc2)c(O)c1. The van der Waals surface area contributed by atoms with Crippen molar-refractivity contribution in [2.24, 2.45) is 0 Å². The number of benzene rings is 2. The van der Waals surface area contributed by atoms with Crippen LogP contribution in [0.15, 0.2) is 48.5 Å². The van der Waals surface area contributed by atoms with Crippen molar-refractivity contribution < 1.29 is 19.7 Å². The number of amides is 1. The molecule has 0 fully saturated rings. The molecule has 0 bridgehead atoms. The Labute approximate surface area is 122 Å². The van der Waals surface area contributed by atoms with Crippen molar-refractivity contribution in [3.05, 3.63) is 59.7 Å². The second-order valence-electron chi connectivity index (χ2n) is 4.50. The molecule has 2 aromatic rings. The molecule has 2 rings (SSSR count). The number of phenolic OH excluding ortho intramolecular Hbond substituents is 1. The first-order valence-corrected chi connectivity index (χ1v) is 6.49. The molecule has 0 aromatic heterocycles. The fourth-order valence-electron chi connectivity index (χ4n) is 1.99.